The Morgan fingerprint density at radius 1 is 1.26 bits per heavy atom. The van der Waals surface area contributed by atoms with E-state index in [0.29, 0.717) is 41.6 Å². The summed E-state index contributed by atoms with van der Waals surface area (Å²) in [5.41, 5.74) is 1.76. The zero-order valence-corrected chi connectivity index (χ0v) is 16.2. The number of amides is 1. The van der Waals surface area contributed by atoms with Crippen LogP contribution in [0.2, 0.25) is 5.02 Å². The van der Waals surface area contributed by atoms with Crippen molar-refractivity contribution in [1.29, 1.82) is 0 Å². The van der Waals surface area contributed by atoms with Crippen LogP contribution in [0.25, 0.3) is 0 Å². The average Bonchev–Trinajstić information content (AvgIpc) is 3.03. The predicted octanol–water partition coefficient (Wildman–Crippen LogP) is 4.30. The Morgan fingerprint density at radius 3 is 2.85 bits per heavy atom. The monoisotopic (exact) mass is 389 g/mol. The van der Waals surface area contributed by atoms with Gasteiger partial charge < -0.3 is 14.8 Å². The first-order valence-electron chi connectivity index (χ1n) is 9.54. The van der Waals surface area contributed by atoms with Gasteiger partial charge in [0.25, 0.3) is 0 Å². The number of nitrogens with zero attached hydrogens (tertiary/aromatic N) is 2. The number of hydrogen-bond acceptors (Lipinski definition) is 4. The Kier molecular flexibility index (Phi) is 5.25. The van der Waals surface area contributed by atoms with Gasteiger partial charge in [0.05, 0.1) is 17.5 Å². The Bertz CT molecular complexity index is 843. The molecule has 1 aliphatic carbocycles. The third-order valence-electron chi connectivity index (χ3n) is 5.14. The van der Waals surface area contributed by atoms with Crippen LogP contribution >= 0.6 is 11.6 Å². The maximum Gasteiger partial charge on any atom is 0.230 e. The predicted molar refractivity (Wildman–Crippen MR) is 104 cm³/mol. The third-order valence-corrected chi connectivity index (χ3v) is 5.42. The first-order valence-corrected chi connectivity index (χ1v) is 9.91. The molecule has 1 aromatic heterocycles. The van der Waals surface area contributed by atoms with Crippen molar-refractivity contribution in [2.75, 3.05) is 18.5 Å². The molecule has 0 saturated heterocycles. The van der Waals surface area contributed by atoms with Crippen molar-refractivity contribution in [2.45, 2.75) is 51.5 Å². The third kappa shape index (κ3) is 4.05. The lowest BCUT2D eigenvalue weighted by molar-refractivity contribution is -0.115. The standard InChI is InChI=1S/C20H24ClN3O3/c1-13-12-24(15-5-3-2-4-6-15)23-20(13)22-18(25)11-14-9-16(21)19-17(10-14)26-7-8-27-19/h9-10,12,15H,2-8,11H2,1H3,(H,22,23,25). The molecule has 1 saturated carbocycles. The van der Waals surface area contributed by atoms with Crippen LogP contribution in [0.1, 0.15) is 49.3 Å². The summed E-state index contributed by atoms with van der Waals surface area (Å²) in [6.45, 7) is 2.94. The van der Waals surface area contributed by atoms with Gasteiger partial charge in [0.2, 0.25) is 5.91 Å². The molecule has 7 heteroatoms. The minimum atomic E-state index is -0.125. The molecule has 1 fully saturated rings. The first-order chi connectivity index (χ1) is 13.1. The maximum absolute atomic E-state index is 12.5. The molecule has 1 N–H and O–H groups in total. The van der Waals surface area contributed by atoms with E-state index in [9.17, 15) is 4.79 Å². The molecule has 1 amide bonds. The molecule has 27 heavy (non-hydrogen) atoms. The van der Waals surface area contributed by atoms with Crippen LogP contribution in [-0.2, 0) is 11.2 Å². The molecular weight excluding hydrogens is 366 g/mol. The lowest BCUT2D eigenvalue weighted by atomic mass is 9.96. The summed E-state index contributed by atoms with van der Waals surface area (Å²) >= 11 is 6.25. The topological polar surface area (TPSA) is 65.4 Å². The summed E-state index contributed by atoms with van der Waals surface area (Å²) in [4.78, 5) is 12.5. The molecule has 2 heterocycles. The largest absolute Gasteiger partial charge is 0.486 e. The maximum atomic E-state index is 12.5. The minimum Gasteiger partial charge on any atom is -0.486 e. The number of fused-ring (bicyclic) bond motifs is 1. The minimum absolute atomic E-state index is 0.125. The molecule has 144 valence electrons. The van der Waals surface area contributed by atoms with Gasteiger partial charge in [-0.15, -0.1) is 0 Å². The van der Waals surface area contributed by atoms with Crippen LogP contribution in [-0.4, -0.2) is 28.9 Å². The van der Waals surface area contributed by atoms with Gasteiger partial charge in [0.1, 0.15) is 13.2 Å². The number of benzene rings is 1. The number of nitrogens with one attached hydrogen (secondary N) is 1. The van der Waals surface area contributed by atoms with E-state index in [4.69, 9.17) is 21.1 Å². The van der Waals surface area contributed by atoms with Crippen LogP contribution in [0.15, 0.2) is 18.3 Å². The quantitative estimate of drug-likeness (QED) is 0.846. The lowest BCUT2D eigenvalue weighted by Gasteiger charge is -2.21. The van der Waals surface area contributed by atoms with Crippen molar-refractivity contribution < 1.29 is 14.3 Å². The van der Waals surface area contributed by atoms with Crippen molar-refractivity contribution in [3.63, 3.8) is 0 Å². The highest BCUT2D eigenvalue weighted by Gasteiger charge is 2.20. The van der Waals surface area contributed by atoms with Crippen molar-refractivity contribution >= 4 is 23.3 Å². The molecule has 1 aliphatic heterocycles. The van der Waals surface area contributed by atoms with Crippen LogP contribution in [0.3, 0.4) is 0 Å². The van der Waals surface area contributed by atoms with E-state index >= 15 is 0 Å². The zero-order valence-electron chi connectivity index (χ0n) is 15.5. The van der Waals surface area contributed by atoms with E-state index in [-0.39, 0.29) is 12.3 Å². The van der Waals surface area contributed by atoms with Crippen molar-refractivity contribution in [2.24, 2.45) is 0 Å². The molecule has 6 nitrogen and oxygen atoms in total. The second kappa shape index (κ2) is 7.80. The van der Waals surface area contributed by atoms with E-state index in [2.05, 4.69) is 10.4 Å². The molecule has 2 aliphatic rings. The Balaban J connectivity index is 1.44. The van der Waals surface area contributed by atoms with Crippen molar-refractivity contribution in [1.82, 2.24) is 9.78 Å². The van der Waals surface area contributed by atoms with Crippen molar-refractivity contribution in [3.05, 3.63) is 34.5 Å². The van der Waals surface area contributed by atoms with Crippen LogP contribution in [0.5, 0.6) is 11.5 Å². The van der Waals surface area contributed by atoms with E-state index in [0.717, 1.165) is 24.0 Å². The molecule has 2 aromatic rings. The molecule has 0 atom stereocenters. The number of ether oxygens (including phenoxy) is 2. The summed E-state index contributed by atoms with van der Waals surface area (Å²) in [6, 6.07) is 4.01. The van der Waals surface area contributed by atoms with E-state index in [1.807, 2.05) is 23.9 Å². The highest BCUT2D eigenvalue weighted by atomic mass is 35.5. The van der Waals surface area contributed by atoms with Gasteiger partial charge in [-0.1, -0.05) is 30.9 Å². The van der Waals surface area contributed by atoms with Gasteiger partial charge in [-0.05, 0) is 37.5 Å². The Morgan fingerprint density at radius 2 is 2.04 bits per heavy atom. The highest BCUT2D eigenvalue weighted by Crippen LogP contribution is 2.38. The summed E-state index contributed by atoms with van der Waals surface area (Å²) in [7, 11) is 0. The van der Waals surface area contributed by atoms with Crippen molar-refractivity contribution in [3.8, 4) is 11.5 Å². The van der Waals surface area contributed by atoms with Gasteiger partial charge in [0.15, 0.2) is 17.3 Å². The molecule has 0 bridgehead atoms. The fourth-order valence-electron chi connectivity index (χ4n) is 3.77. The van der Waals surface area contributed by atoms with Crippen LogP contribution < -0.4 is 14.8 Å². The second-order valence-corrected chi connectivity index (χ2v) is 7.67. The zero-order chi connectivity index (χ0) is 18.8. The SMILES string of the molecule is Cc1cn(C2CCCCC2)nc1NC(=O)Cc1cc(Cl)c2c(c1)OCCO2. The van der Waals surface area contributed by atoms with Gasteiger partial charge >= 0.3 is 0 Å². The molecule has 4 rings (SSSR count). The second-order valence-electron chi connectivity index (χ2n) is 7.26. The Hall–Kier alpha value is -2.21. The number of aromatic nitrogens is 2. The van der Waals surface area contributed by atoms with Gasteiger partial charge in [-0.3, -0.25) is 9.48 Å². The van der Waals surface area contributed by atoms with Crippen LogP contribution in [0, 0.1) is 6.92 Å². The molecular formula is C20H24ClN3O3. The average molecular weight is 390 g/mol. The molecule has 1 aromatic carbocycles. The van der Waals surface area contributed by atoms with E-state index < -0.39 is 0 Å². The number of aryl methyl sites for hydroxylation is 1. The smallest absolute Gasteiger partial charge is 0.230 e. The number of carbonyl (C=O) groups excluding carboxylic acids is 1. The number of rotatable bonds is 4. The highest BCUT2D eigenvalue weighted by molar-refractivity contribution is 6.32. The molecule has 0 unspecified atom stereocenters. The van der Waals surface area contributed by atoms with E-state index in [1.165, 1.54) is 19.3 Å². The van der Waals surface area contributed by atoms with Gasteiger partial charge in [-0.25, -0.2) is 0 Å². The lowest BCUT2D eigenvalue weighted by Crippen LogP contribution is -2.18. The fraction of sp³-hybridized carbons (Fsp3) is 0.500. The number of carbonyl (C=O) groups is 1. The summed E-state index contributed by atoms with van der Waals surface area (Å²) in [5.74, 6) is 1.65. The summed E-state index contributed by atoms with van der Waals surface area (Å²) < 4.78 is 13.1. The number of halogens is 1. The van der Waals surface area contributed by atoms with Crippen LogP contribution in [0.4, 0.5) is 5.82 Å². The normalized spacial score (nSPS) is 17.0. The van der Waals surface area contributed by atoms with E-state index in [1.54, 1.807) is 6.07 Å². The number of anilines is 1. The molecule has 0 radical (unpaired) electrons. The number of hydrogen-bond donors (Lipinski definition) is 1. The molecule has 0 spiro atoms. The van der Waals surface area contributed by atoms with Gasteiger partial charge in [-0.2, -0.15) is 5.10 Å². The first kappa shape index (κ1) is 18.2. The summed E-state index contributed by atoms with van der Waals surface area (Å²) in [5, 5.41) is 8.01. The fourth-order valence-corrected chi connectivity index (χ4v) is 4.05. The van der Waals surface area contributed by atoms with Gasteiger partial charge in [0, 0.05) is 11.8 Å². The Labute approximate surface area is 163 Å². The summed E-state index contributed by atoms with van der Waals surface area (Å²) in [6.07, 6.45) is 8.34.